The Labute approximate surface area is 177 Å². The van der Waals surface area contributed by atoms with Crippen LogP contribution in [0.25, 0.3) is 10.2 Å². The summed E-state index contributed by atoms with van der Waals surface area (Å²) in [5.74, 6) is -0.681. The third kappa shape index (κ3) is 3.39. The van der Waals surface area contributed by atoms with E-state index in [4.69, 9.17) is 4.74 Å². The van der Waals surface area contributed by atoms with Crippen molar-refractivity contribution in [2.45, 2.75) is 31.2 Å². The van der Waals surface area contributed by atoms with Crippen molar-refractivity contribution in [3.63, 3.8) is 0 Å². The minimum absolute atomic E-state index is 0.284. The molecule has 0 radical (unpaired) electrons. The van der Waals surface area contributed by atoms with E-state index >= 15 is 0 Å². The highest BCUT2D eigenvalue weighted by Gasteiger charge is 2.52. The molecule has 3 fully saturated rings. The molecule has 2 aliphatic heterocycles. The molecule has 3 aliphatic rings. The Kier molecular flexibility index (Phi) is 4.82. The number of amides is 4. The van der Waals surface area contributed by atoms with Gasteiger partial charge in [-0.25, -0.2) is 9.78 Å². The van der Waals surface area contributed by atoms with Gasteiger partial charge in [-0.3, -0.25) is 14.5 Å². The first kappa shape index (κ1) is 19.3. The Hall–Kier alpha value is -2.72. The maximum atomic E-state index is 12.7. The molecule has 1 aliphatic carbocycles. The number of ether oxygens (including phenoxy) is 1. The van der Waals surface area contributed by atoms with Gasteiger partial charge in [-0.2, -0.15) is 0 Å². The van der Waals surface area contributed by atoms with E-state index in [0.29, 0.717) is 31.7 Å². The normalized spacial score (nSPS) is 20.9. The van der Waals surface area contributed by atoms with Crippen LogP contribution in [-0.4, -0.2) is 66.1 Å². The molecule has 1 spiro atoms. The minimum Gasteiger partial charge on any atom is -0.378 e. The first-order valence-electron chi connectivity index (χ1n) is 10.2. The van der Waals surface area contributed by atoms with Crippen molar-refractivity contribution in [1.82, 2.24) is 15.2 Å². The molecule has 2 saturated heterocycles. The van der Waals surface area contributed by atoms with Crippen molar-refractivity contribution < 1.29 is 19.1 Å². The fourth-order valence-corrected chi connectivity index (χ4v) is 5.42. The molecule has 1 aromatic carbocycles. The molecular weight excluding hydrogens is 406 g/mol. The summed E-state index contributed by atoms with van der Waals surface area (Å²) in [6.45, 7) is 2.74. The molecule has 4 amide bonds. The van der Waals surface area contributed by atoms with E-state index in [0.717, 1.165) is 46.2 Å². The standard InChI is InChI=1S/C20H23N5O4S/c26-16(12-25-17(27)20(23-18(25)28)5-1-2-6-20)21-13-3-4-14-15(11-13)30-19(22-14)24-7-9-29-10-8-24/h3-4,11H,1-2,5-10,12H2,(H,21,26)(H,23,28). The summed E-state index contributed by atoms with van der Waals surface area (Å²) < 4.78 is 6.36. The van der Waals surface area contributed by atoms with Crippen LogP contribution in [0.5, 0.6) is 0 Å². The number of rotatable bonds is 4. The predicted molar refractivity (Wildman–Crippen MR) is 113 cm³/mol. The van der Waals surface area contributed by atoms with Crippen LogP contribution < -0.4 is 15.5 Å². The molecular formula is C20H23N5O4S. The summed E-state index contributed by atoms with van der Waals surface area (Å²) in [7, 11) is 0. The van der Waals surface area contributed by atoms with E-state index in [1.807, 2.05) is 12.1 Å². The zero-order chi connectivity index (χ0) is 20.7. The average molecular weight is 430 g/mol. The number of carbonyl (C=O) groups is 3. The summed E-state index contributed by atoms with van der Waals surface area (Å²) in [6.07, 6.45) is 3.10. The Morgan fingerprint density at radius 1 is 1.23 bits per heavy atom. The number of hydrogen-bond acceptors (Lipinski definition) is 7. The van der Waals surface area contributed by atoms with E-state index in [1.54, 1.807) is 17.4 Å². The molecule has 3 heterocycles. The highest BCUT2D eigenvalue weighted by atomic mass is 32.1. The Balaban J connectivity index is 1.26. The van der Waals surface area contributed by atoms with Crippen LogP contribution in [0.4, 0.5) is 15.6 Å². The molecule has 0 unspecified atom stereocenters. The lowest BCUT2D eigenvalue weighted by molar-refractivity contribution is -0.133. The number of nitrogens with zero attached hydrogens (tertiary/aromatic N) is 3. The van der Waals surface area contributed by atoms with Gasteiger partial charge in [0.1, 0.15) is 12.1 Å². The number of aromatic nitrogens is 1. The van der Waals surface area contributed by atoms with E-state index in [9.17, 15) is 14.4 Å². The Bertz CT molecular complexity index is 1010. The van der Waals surface area contributed by atoms with Gasteiger partial charge in [-0.05, 0) is 31.0 Å². The van der Waals surface area contributed by atoms with Crippen LogP contribution in [0.15, 0.2) is 18.2 Å². The van der Waals surface area contributed by atoms with Gasteiger partial charge in [0, 0.05) is 18.8 Å². The van der Waals surface area contributed by atoms with E-state index < -0.39 is 17.5 Å². The van der Waals surface area contributed by atoms with Crippen molar-refractivity contribution >= 4 is 50.2 Å². The SMILES string of the molecule is O=C(CN1C(=O)NC2(CCCC2)C1=O)Nc1ccc2nc(N3CCOCC3)sc2c1. The van der Waals surface area contributed by atoms with Gasteiger partial charge in [-0.15, -0.1) is 0 Å². The van der Waals surface area contributed by atoms with Crippen molar-refractivity contribution in [3.05, 3.63) is 18.2 Å². The minimum atomic E-state index is -0.797. The Morgan fingerprint density at radius 3 is 2.77 bits per heavy atom. The fourth-order valence-electron chi connectivity index (χ4n) is 4.36. The second kappa shape index (κ2) is 7.51. The molecule has 10 heteroatoms. The monoisotopic (exact) mass is 429 g/mol. The zero-order valence-corrected chi connectivity index (χ0v) is 17.3. The van der Waals surface area contributed by atoms with Gasteiger partial charge in [0.05, 0.1) is 23.4 Å². The molecule has 0 bridgehead atoms. The van der Waals surface area contributed by atoms with Crippen molar-refractivity contribution in [1.29, 1.82) is 0 Å². The van der Waals surface area contributed by atoms with Gasteiger partial charge in [-0.1, -0.05) is 24.2 Å². The number of carbonyl (C=O) groups excluding carboxylic acids is 3. The maximum Gasteiger partial charge on any atom is 0.325 e. The van der Waals surface area contributed by atoms with Gasteiger partial charge >= 0.3 is 6.03 Å². The lowest BCUT2D eigenvalue weighted by Crippen LogP contribution is -2.44. The number of imide groups is 1. The molecule has 9 nitrogen and oxygen atoms in total. The van der Waals surface area contributed by atoms with Crippen LogP contribution in [-0.2, 0) is 14.3 Å². The Morgan fingerprint density at radius 2 is 2.00 bits per heavy atom. The number of thiazole rings is 1. The van der Waals surface area contributed by atoms with Crippen LogP contribution >= 0.6 is 11.3 Å². The number of urea groups is 1. The van der Waals surface area contributed by atoms with Crippen LogP contribution in [0.1, 0.15) is 25.7 Å². The molecule has 0 atom stereocenters. The van der Waals surface area contributed by atoms with Crippen LogP contribution in [0.2, 0.25) is 0 Å². The largest absolute Gasteiger partial charge is 0.378 e. The van der Waals surface area contributed by atoms with E-state index in [-0.39, 0.29) is 12.5 Å². The first-order valence-corrected chi connectivity index (χ1v) is 11.0. The fraction of sp³-hybridized carbons (Fsp3) is 0.500. The summed E-state index contributed by atoms with van der Waals surface area (Å²) in [6, 6.07) is 5.05. The lowest BCUT2D eigenvalue weighted by atomic mass is 9.98. The third-order valence-corrected chi connectivity index (χ3v) is 7.03. The van der Waals surface area contributed by atoms with Crippen molar-refractivity contribution in [3.8, 4) is 0 Å². The summed E-state index contributed by atoms with van der Waals surface area (Å²) in [5.41, 5.74) is 0.693. The number of nitrogens with one attached hydrogen (secondary N) is 2. The predicted octanol–water partition coefficient (Wildman–Crippen LogP) is 1.94. The molecule has 2 N–H and O–H groups in total. The number of fused-ring (bicyclic) bond motifs is 1. The highest BCUT2D eigenvalue weighted by Crippen LogP contribution is 2.35. The summed E-state index contributed by atoms with van der Waals surface area (Å²) >= 11 is 1.57. The van der Waals surface area contributed by atoms with Gasteiger partial charge in [0.15, 0.2) is 5.13 Å². The number of hydrogen-bond donors (Lipinski definition) is 2. The topological polar surface area (TPSA) is 104 Å². The molecule has 1 aromatic heterocycles. The van der Waals surface area contributed by atoms with Gasteiger partial charge < -0.3 is 20.3 Å². The van der Waals surface area contributed by atoms with Crippen LogP contribution in [0, 0.1) is 0 Å². The third-order valence-electron chi connectivity index (χ3n) is 5.95. The molecule has 5 rings (SSSR count). The lowest BCUT2D eigenvalue weighted by Gasteiger charge is -2.25. The molecule has 30 heavy (non-hydrogen) atoms. The zero-order valence-electron chi connectivity index (χ0n) is 16.5. The summed E-state index contributed by atoms with van der Waals surface area (Å²) in [5, 5.41) is 6.54. The molecule has 1 saturated carbocycles. The van der Waals surface area contributed by atoms with Crippen LogP contribution in [0.3, 0.4) is 0 Å². The first-order chi connectivity index (χ1) is 14.5. The smallest absolute Gasteiger partial charge is 0.325 e. The second-order valence-corrected chi connectivity index (χ2v) is 8.95. The number of benzene rings is 1. The average Bonchev–Trinajstić information content (AvgIpc) is 3.44. The quantitative estimate of drug-likeness (QED) is 0.720. The molecule has 158 valence electrons. The van der Waals surface area contributed by atoms with Crippen molar-refractivity contribution in [2.24, 2.45) is 0 Å². The van der Waals surface area contributed by atoms with Gasteiger partial charge in [0.2, 0.25) is 5.91 Å². The molecule has 2 aromatic rings. The number of anilines is 2. The summed E-state index contributed by atoms with van der Waals surface area (Å²) in [4.78, 5) is 45.4. The number of morpholine rings is 1. The van der Waals surface area contributed by atoms with E-state index in [2.05, 4.69) is 20.5 Å². The maximum absolute atomic E-state index is 12.7. The second-order valence-electron chi connectivity index (χ2n) is 7.94. The van der Waals surface area contributed by atoms with Crippen molar-refractivity contribution in [2.75, 3.05) is 43.1 Å². The highest BCUT2D eigenvalue weighted by molar-refractivity contribution is 7.22. The van der Waals surface area contributed by atoms with E-state index in [1.165, 1.54) is 0 Å². The van der Waals surface area contributed by atoms with Gasteiger partial charge in [0.25, 0.3) is 5.91 Å².